The third-order valence-electron chi connectivity index (χ3n) is 3.76. The molecule has 1 fully saturated rings. The van der Waals surface area contributed by atoms with Gasteiger partial charge in [0.2, 0.25) is 5.89 Å². The average Bonchev–Trinajstić information content (AvgIpc) is 3.04. The van der Waals surface area contributed by atoms with Gasteiger partial charge in [0.15, 0.2) is 5.82 Å². The van der Waals surface area contributed by atoms with E-state index in [4.69, 9.17) is 4.52 Å². The van der Waals surface area contributed by atoms with Gasteiger partial charge in [-0.1, -0.05) is 5.16 Å². The summed E-state index contributed by atoms with van der Waals surface area (Å²) in [5.74, 6) is 0.735. The van der Waals surface area contributed by atoms with Crippen LogP contribution in [0, 0.1) is 6.92 Å². The molecule has 23 heavy (non-hydrogen) atoms. The first-order valence-corrected chi connectivity index (χ1v) is 7.08. The van der Waals surface area contributed by atoms with Crippen LogP contribution in [0.3, 0.4) is 0 Å². The number of aryl methyl sites for hydroxylation is 1. The molecule has 3 heterocycles. The lowest BCUT2D eigenvalue weighted by atomic mass is 10.1. The van der Waals surface area contributed by atoms with Crippen molar-refractivity contribution in [3.8, 4) is 0 Å². The zero-order valence-corrected chi connectivity index (χ0v) is 12.3. The number of aromatic nitrogens is 3. The third-order valence-corrected chi connectivity index (χ3v) is 3.76. The SMILES string of the molecule is Cc1noc([C@H]2C[C@H](O)CN2Cc2ncccc2C(F)(F)F)n1. The maximum absolute atomic E-state index is 13.1. The lowest BCUT2D eigenvalue weighted by Gasteiger charge is -2.22. The molecule has 0 saturated carbocycles. The fourth-order valence-corrected chi connectivity index (χ4v) is 2.77. The van der Waals surface area contributed by atoms with E-state index in [-0.39, 0.29) is 18.8 Å². The molecule has 1 N–H and O–H groups in total. The number of likely N-dealkylation sites (tertiary alicyclic amines) is 1. The van der Waals surface area contributed by atoms with Crippen LogP contribution >= 0.6 is 0 Å². The van der Waals surface area contributed by atoms with Crippen molar-refractivity contribution in [1.82, 2.24) is 20.0 Å². The number of hydrogen-bond acceptors (Lipinski definition) is 6. The molecule has 6 nitrogen and oxygen atoms in total. The van der Waals surface area contributed by atoms with Gasteiger partial charge in [-0.25, -0.2) is 0 Å². The van der Waals surface area contributed by atoms with E-state index in [1.54, 1.807) is 11.8 Å². The third kappa shape index (κ3) is 3.35. The minimum Gasteiger partial charge on any atom is -0.392 e. The fourth-order valence-electron chi connectivity index (χ4n) is 2.77. The van der Waals surface area contributed by atoms with E-state index in [0.29, 0.717) is 18.1 Å². The molecule has 1 aliphatic rings. The number of nitrogens with zero attached hydrogens (tertiary/aromatic N) is 4. The topological polar surface area (TPSA) is 75.3 Å². The lowest BCUT2D eigenvalue weighted by molar-refractivity contribution is -0.138. The van der Waals surface area contributed by atoms with Gasteiger partial charge in [0.25, 0.3) is 0 Å². The van der Waals surface area contributed by atoms with Crippen molar-refractivity contribution in [2.24, 2.45) is 0 Å². The molecular weight excluding hydrogens is 313 g/mol. The van der Waals surface area contributed by atoms with E-state index < -0.39 is 23.9 Å². The molecule has 0 amide bonds. The Bertz CT molecular complexity index is 689. The van der Waals surface area contributed by atoms with Gasteiger partial charge >= 0.3 is 6.18 Å². The highest BCUT2D eigenvalue weighted by Crippen LogP contribution is 2.35. The summed E-state index contributed by atoms with van der Waals surface area (Å²) < 4.78 is 44.3. The Balaban J connectivity index is 1.87. The van der Waals surface area contributed by atoms with Gasteiger partial charge in [-0.2, -0.15) is 18.2 Å². The number of alkyl halides is 3. The highest BCUT2D eigenvalue weighted by Gasteiger charge is 2.39. The van der Waals surface area contributed by atoms with Crippen LogP contribution < -0.4 is 0 Å². The minimum absolute atomic E-state index is 0.0567. The van der Waals surface area contributed by atoms with Crippen molar-refractivity contribution in [1.29, 1.82) is 0 Å². The molecule has 0 unspecified atom stereocenters. The largest absolute Gasteiger partial charge is 0.418 e. The number of rotatable bonds is 3. The molecule has 2 atom stereocenters. The Hall–Kier alpha value is -2.00. The average molecular weight is 328 g/mol. The van der Waals surface area contributed by atoms with Crippen LogP contribution in [0.1, 0.15) is 35.4 Å². The predicted molar refractivity (Wildman–Crippen MR) is 72.0 cm³/mol. The van der Waals surface area contributed by atoms with Gasteiger partial charge in [0.1, 0.15) is 0 Å². The molecule has 1 saturated heterocycles. The summed E-state index contributed by atoms with van der Waals surface area (Å²) in [5.41, 5.74) is -0.864. The summed E-state index contributed by atoms with van der Waals surface area (Å²) in [5, 5.41) is 13.6. The van der Waals surface area contributed by atoms with Crippen molar-refractivity contribution in [2.75, 3.05) is 6.54 Å². The van der Waals surface area contributed by atoms with Crippen LogP contribution in [-0.2, 0) is 12.7 Å². The number of aliphatic hydroxyl groups is 1. The van der Waals surface area contributed by atoms with E-state index >= 15 is 0 Å². The Morgan fingerprint density at radius 1 is 1.43 bits per heavy atom. The van der Waals surface area contributed by atoms with Crippen molar-refractivity contribution < 1.29 is 22.8 Å². The molecule has 0 aliphatic carbocycles. The number of hydrogen-bond donors (Lipinski definition) is 1. The number of aliphatic hydroxyl groups excluding tert-OH is 1. The molecule has 3 rings (SSSR count). The second-order valence-electron chi connectivity index (χ2n) is 5.51. The highest BCUT2D eigenvalue weighted by atomic mass is 19.4. The molecule has 0 aromatic carbocycles. The van der Waals surface area contributed by atoms with Crippen LogP contribution in [-0.4, -0.2) is 37.8 Å². The smallest absolute Gasteiger partial charge is 0.392 e. The van der Waals surface area contributed by atoms with Gasteiger partial charge in [-0.3, -0.25) is 9.88 Å². The normalized spacial score (nSPS) is 22.7. The monoisotopic (exact) mass is 328 g/mol. The van der Waals surface area contributed by atoms with E-state index in [2.05, 4.69) is 15.1 Å². The van der Waals surface area contributed by atoms with Gasteiger partial charge in [-0.05, 0) is 25.5 Å². The van der Waals surface area contributed by atoms with Crippen molar-refractivity contribution in [3.63, 3.8) is 0 Å². The van der Waals surface area contributed by atoms with Crippen molar-refractivity contribution in [3.05, 3.63) is 41.3 Å². The summed E-state index contributed by atoms with van der Waals surface area (Å²) in [6.45, 7) is 1.82. The zero-order valence-electron chi connectivity index (χ0n) is 12.3. The molecule has 1 aliphatic heterocycles. The van der Waals surface area contributed by atoms with Crippen LogP contribution in [0.25, 0.3) is 0 Å². The summed E-state index contributed by atoms with van der Waals surface area (Å²) in [6, 6.07) is 1.83. The summed E-state index contributed by atoms with van der Waals surface area (Å²) in [6.07, 6.45) is -3.48. The number of pyridine rings is 1. The quantitative estimate of drug-likeness (QED) is 0.930. The first-order chi connectivity index (χ1) is 10.8. The van der Waals surface area contributed by atoms with Gasteiger partial charge < -0.3 is 9.63 Å². The van der Waals surface area contributed by atoms with Crippen LogP contribution in [0.4, 0.5) is 13.2 Å². The molecule has 124 valence electrons. The lowest BCUT2D eigenvalue weighted by Crippen LogP contribution is -2.26. The first-order valence-electron chi connectivity index (χ1n) is 7.08. The maximum atomic E-state index is 13.1. The van der Waals surface area contributed by atoms with Gasteiger partial charge in [0, 0.05) is 19.3 Å². The van der Waals surface area contributed by atoms with Gasteiger partial charge in [0.05, 0.1) is 23.4 Å². The van der Waals surface area contributed by atoms with E-state index in [1.165, 1.54) is 12.3 Å². The molecular formula is C14H15F3N4O2. The van der Waals surface area contributed by atoms with Crippen molar-refractivity contribution in [2.45, 2.75) is 38.2 Å². The minimum atomic E-state index is -4.47. The molecule has 2 aromatic heterocycles. The number of β-amino-alcohol motifs (C(OH)–C–C–N with tert-alkyl or cyclic N) is 1. The summed E-state index contributed by atoms with van der Waals surface area (Å²) in [7, 11) is 0. The Morgan fingerprint density at radius 3 is 2.87 bits per heavy atom. The second kappa shape index (κ2) is 5.89. The van der Waals surface area contributed by atoms with Crippen LogP contribution in [0.15, 0.2) is 22.9 Å². The summed E-state index contributed by atoms with van der Waals surface area (Å²) >= 11 is 0. The maximum Gasteiger partial charge on any atom is 0.418 e. The zero-order chi connectivity index (χ0) is 16.6. The standard InChI is InChI=1S/C14H15F3N4O2/c1-8-19-13(23-20-8)12-5-9(22)6-21(12)7-11-10(14(15,16)17)3-2-4-18-11/h2-4,9,12,22H,5-7H2,1H3/t9-,12+/m0/s1. The molecule has 0 bridgehead atoms. The first kappa shape index (κ1) is 15.9. The Morgan fingerprint density at radius 2 is 2.22 bits per heavy atom. The molecule has 0 radical (unpaired) electrons. The van der Waals surface area contributed by atoms with Crippen LogP contribution in [0.2, 0.25) is 0 Å². The van der Waals surface area contributed by atoms with Crippen LogP contribution in [0.5, 0.6) is 0 Å². The molecule has 0 spiro atoms. The van der Waals surface area contributed by atoms with E-state index in [0.717, 1.165) is 6.07 Å². The predicted octanol–water partition coefficient (Wildman–Crippen LogP) is 2.10. The Kier molecular flexibility index (Phi) is 4.07. The second-order valence-corrected chi connectivity index (χ2v) is 5.51. The van der Waals surface area contributed by atoms with E-state index in [9.17, 15) is 18.3 Å². The summed E-state index contributed by atoms with van der Waals surface area (Å²) in [4.78, 5) is 9.65. The van der Waals surface area contributed by atoms with E-state index in [1.807, 2.05) is 0 Å². The molecule has 2 aromatic rings. The van der Waals surface area contributed by atoms with Gasteiger partial charge in [-0.15, -0.1) is 0 Å². The highest BCUT2D eigenvalue weighted by molar-refractivity contribution is 5.23. The number of halogens is 3. The fraction of sp³-hybridized carbons (Fsp3) is 0.500. The van der Waals surface area contributed by atoms with Crippen molar-refractivity contribution >= 4 is 0 Å². The molecule has 9 heteroatoms. The Labute approximate surface area is 129 Å².